The molecule has 0 saturated heterocycles. The summed E-state index contributed by atoms with van der Waals surface area (Å²) in [4.78, 5) is 1.36. The molecule has 0 spiro atoms. The zero-order chi connectivity index (χ0) is 17.1. The van der Waals surface area contributed by atoms with Crippen LogP contribution in [0, 0.1) is 11.6 Å². The maximum Gasteiger partial charge on any atom is 0.328 e. The van der Waals surface area contributed by atoms with Crippen LogP contribution in [-0.2, 0) is 0 Å². The Morgan fingerprint density at radius 1 is 1.22 bits per heavy atom. The SMILES string of the molecule is CN(C(=S)Oc1ccc(F)cc1F)c1cc([B]O)c(Cl)cc1Cl. The van der Waals surface area contributed by atoms with E-state index >= 15 is 0 Å². The second-order valence-corrected chi connectivity index (χ2v) is 5.62. The van der Waals surface area contributed by atoms with Crippen molar-refractivity contribution in [2.75, 3.05) is 11.9 Å². The number of halogens is 4. The maximum absolute atomic E-state index is 13.6. The Kier molecular flexibility index (Phi) is 5.81. The first-order valence-electron chi connectivity index (χ1n) is 6.20. The summed E-state index contributed by atoms with van der Waals surface area (Å²) in [5.74, 6) is -1.83. The van der Waals surface area contributed by atoms with Gasteiger partial charge in [-0.25, -0.2) is 8.78 Å². The standard InChI is InChI=1S/C14H9BCl2F2NO2S/c1-20(12-5-8(15-21)9(16)6-10(12)17)14(23)22-13-3-2-7(18)4-11(13)19/h2-6,21H,1H3. The van der Waals surface area contributed by atoms with Gasteiger partial charge in [-0.3, -0.25) is 0 Å². The molecule has 0 fully saturated rings. The van der Waals surface area contributed by atoms with E-state index < -0.39 is 11.6 Å². The molecule has 0 bridgehead atoms. The molecule has 0 aliphatic rings. The first-order valence-corrected chi connectivity index (χ1v) is 7.37. The van der Waals surface area contributed by atoms with E-state index in [1.807, 2.05) is 0 Å². The van der Waals surface area contributed by atoms with Crippen LogP contribution in [0.4, 0.5) is 14.5 Å². The number of hydrogen-bond acceptors (Lipinski definition) is 3. The monoisotopic (exact) mass is 374 g/mol. The van der Waals surface area contributed by atoms with Crippen molar-refractivity contribution in [3.05, 3.63) is 52.0 Å². The van der Waals surface area contributed by atoms with Gasteiger partial charge in [0, 0.05) is 18.1 Å². The lowest BCUT2D eigenvalue weighted by Gasteiger charge is -2.22. The van der Waals surface area contributed by atoms with E-state index in [1.165, 1.54) is 17.0 Å². The van der Waals surface area contributed by atoms with E-state index in [4.69, 9.17) is 45.2 Å². The molecule has 0 saturated carbocycles. The summed E-state index contributed by atoms with van der Waals surface area (Å²) in [6.07, 6.45) is 0. The number of anilines is 1. The van der Waals surface area contributed by atoms with Crippen molar-refractivity contribution >= 4 is 59.2 Å². The second kappa shape index (κ2) is 7.44. The highest BCUT2D eigenvalue weighted by atomic mass is 35.5. The fourth-order valence-corrected chi connectivity index (χ4v) is 2.48. The molecule has 9 heteroatoms. The van der Waals surface area contributed by atoms with Crippen molar-refractivity contribution in [1.29, 1.82) is 0 Å². The molecular weight excluding hydrogens is 366 g/mol. The molecule has 0 heterocycles. The van der Waals surface area contributed by atoms with Gasteiger partial charge in [-0.15, -0.1) is 0 Å². The third-order valence-electron chi connectivity index (χ3n) is 2.93. The summed E-state index contributed by atoms with van der Waals surface area (Å²) in [6.45, 7) is 0. The van der Waals surface area contributed by atoms with Crippen LogP contribution in [0.5, 0.6) is 5.75 Å². The quantitative estimate of drug-likeness (QED) is 0.660. The van der Waals surface area contributed by atoms with Crippen molar-refractivity contribution in [3.63, 3.8) is 0 Å². The molecule has 0 aromatic heterocycles. The third-order valence-corrected chi connectivity index (χ3v) is 3.92. The van der Waals surface area contributed by atoms with Gasteiger partial charge in [-0.1, -0.05) is 23.2 Å². The molecule has 2 rings (SSSR count). The highest BCUT2D eigenvalue weighted by molar-refractivity contribution is 7.80. The Balaban J connectivity index is 2.26. The predicted octanol–water partition coefficient (Wildman–Crippen LogP) is 3.31. The Labute approximate surface area is 147 Å². The topological polar surface area (TPSA) is 32.7 Å². The van der Waals surface area contributed by atoms with Gasteiger partial charge in [0.2, 0.25) is 0 Å². The van der Waals surface area contributed by atoms with Crippen molar-refractivity contribution in [2.24, 2.45) is 0 Å². The van der Waals surface area contributed by atoms with Gasteiger partial charge in [0.05, 0.1) is 10.7 Å². The number of benzene rings is 2. The van der Waals surface area contributed by atoms with Gasteiger partial charge in [0.15, 0.2) is 11.6 Å². The minimum Gasteiger partial charge on any atom is -0.450 e. The molecule has 2 aromatic carbocycles. The number of rotatable bonds is 3. The van der Waals surface area contributed by atoms with E-state index in [9.17, 15) is 8.78 Å². The van der Waals surface area contributed by atoms with Gasteiger partial charge < -0.3 is 14.7 Å². The van der Waals surface area contributed by atoms with Crippen LogP contribution in [0.25, 0.3) is 0 Å². The summed E-state index contributed by atoms with van der Waals surface area (Å²) < 4.78 is 31.7. The lowest BCUT2D eigenvalue weighted by Crippen LogP contribution is -2.31. The molecule has 1 radical (unpaired) electrons. The Hall–Kier alpha value is -1.41. The van der Waals surface area contributed by atoms with Gasteiger partial charge in [0.1, 0.15) is 5.82 Å². The summed E-state index contributed by atoms with van der Waals surface area (Å²) in [5, 5.41) is 9.52. The van der Waals surface area contributed by atoms with Crippen LogP contribution < -0.4 is 15.1 Å². The van der Waals surface area contributed by atoms with Crippen molar-refractivity contribution < 1.29 is 18.5 Å². The van der Waals surface area contributed by atoms with E-state index in [0.717, 1.165) is 19.6 Å². The lowest BCUT2D eigenvalue weighted by atomic mass is 9.88. The van der Waals surface area contributed by atoms with Gasteiger partial charge >= 0.3 is 7.48 Å². The van der Waals surface area contributed by atoms with Crippen molar-refractivity contribution in [2.45, 2.75) is 0 Å². The van der Waals surface area contributed by atoms with Gasteiger partial charge in [-0.2, -0.15) is 0 Å². The first kappa shape index (κ1) is 17.9. The fourth-order valence-electron chi connectivity index (χ4n) is 1.73. The minimum absolute atomic E-state index is 0.122. The largest absolute Gasteiger partial charge is 0.450 e. The number of nitrogens with zero attached hydrogens (tertiary/aromatic N) is 1. The summed E-state index contributed by atoms with van der Waals surface area (Å²) in [5.41, 5.74) is 0.720. The normalized spacial score (nSPS) is 10.3. The van der Waals surface area contributed by atoms with Crippen LogP contribution in [0.2, 0.25) is 10.0 Å². The summed E-state index contributed by atoms with van der Waals surface area (Å²) in [7, 11) is 2.36. The fraction of sp³-hybridized carbons (Fsp3) is 0.0714. The molecule has 0 unspecified atom stereocenters. The predicted molar refractivity (Wildman–Crippen MR) is 92.1 cm³/mol. The second-order valence-electron chi connectivity index (χ2n) is 4.46. The maximum atomic E-state index is 13.6. The van der Waals surface area contributed by atoms with E-state index in [0.29, 0.717) is 17.2 Å². The van der Waals surface area contributed by atoms with Gasteiger partial charge in [0.25, 0.3) is 5.17 Å². The van der Waals surface area contributed by atoms with E-state index in [2.05, 4.69) is 0 Å². The van der Waals surface area contributed by atoms with E-state index in [-0.39, 0.29) is 21.0 Å². The van der Waals surface area contributed by atoms with Crippen LogP contribution >= 0.6 is 35.4 Å². The molecule has 1 N–H and O–H groups in total. The average molecular weight is 375 g/mol. The number of ether oxygens (including phenoxy) is 1. The van der Waals surface area contributed by atoms with Crippen LogP contribution in [0.15, 0.2) is 30.3 Å². The van der Waals surface area contributed by atoms with Crippen molar-refractivity contribution in [1.82, 2.24) is 0 Å². The molecule has 23 heavy (non-hydrogen) atoms. The molecule has 0 aliphatic carbocycles. The van der Waals surface area contributed by atoms with Crippen LogP contribution in [0.3, 0.4) is 0 Å². The molecule has 2 aromatic rings. The lowest BCUT2D eigenvalue weighted by molar-refractivity contribution is 0.484. The van der Waals surface area contributed by atoms with Crippen LogP contribution in [-0.4, -0.2) is 24.7 Å². The smallest absolute Gasteiger partial charge is 0.328 e. The molecular formula is C14H9BCl2F2NO2S. The Morgan fingerprint density at radius 2 is 1.91 bits per heavy atom. The molecule has 119 valence electrons. The van der Waals surface area contributed by atoms with Crippen LogP contribution in [0.1, 0.15) is 0 Å². The highest BCUT2D eigenvalue weighted by Gasteiger charge is 2.17. The number of thiocarbonyl (C=S) groups is 1. The summed E-state index contributed by atoms with van der Waals surface area (Å²) in [6, 6.07) is 5.78. The highest BCUT2D eigenvalue weighted by Crippen LogP contribution is 2.28. The van der Waals surface area contributed by atoms with Crippen molar-refractivity contribution in [3.8, 4) is 5.75 Å². The molecule has 3 nitrogen and oxygen atoms in total. The third kappa shape index (κ3) is 4.12. The summed E-state index contributed by atoms with van der Waals surface area (Å²) >= 11 is 17.1. The Bertz CT molecular complexity index is 764. The zero-order valence-electron chi connectivity index (χ0n) is 11.7. The van der Waals surface area contributed by atoms with E-state index in [1.54, 1.807) is 7.05 Å². The molecule has 0 amide bonds. The molecule has 0 atom stereocenters. The average Bonchev–Trinajstić information content (AvgIpc) is 2.49. The Morgan fingerprint density at radius 3 is 2.52 bits per heavy atom. The van der Waals surface area contributed by atoms with Gasteiger partial charge in [-0.05, 0) is 41.9 Å². The number of hydrogen-bond donors (Lipinski definition) is 1. The zero-order valence-corrected chi connectivity index (χ0v) is 14.0. The minimum atomic E-state index is -0.882. The molecule has 0 aliphatic heterocycles. The first-order chi connectivity index (χ1) is 10.8.